The number of aromatic nitrogens is 5. The number of pyridine rings is 1. The Morgan fingerprint density at radius 3 is 2.76 bits per heavy atom. The largest absolute Gasteiger partial charge is 0.352 e. The summed E-state index contributed by atoms with van der Waals surface area (Å²) in [7, 11) is 0. The van der Waals surface area contributed by atoms with Gasteiger partial charge in [0.2, 0.25) is 0 Å². The van der Waals surface area contributed by atoms with Crippen molar-refractivity contribution in [1.29, 1.82) is 0 Å². The van der Waals surface area contributed by atoms with E-state index in [9.17, 15) is 14.4 Å². The van der Waals surface area contributed by atoms with E-state index in [0.717, 1.165) is 5.82 Å². The summed E-state index contributed by atoms with van der Waals surface area (Å²) in [6, 6.07) is 11.5. The molecule has 146 valence electrons. The quantitative estimate of drug-likeness (QED) is 0.450. The summed E-state index contributed by atoms with van der Waals surface area (Å²) in [5, 5.41) is 2.96. The number of carbonyl (C=O) groups excluding carboxylic acids is 1. The van der Waals surface area contributed by atoms with E-state index in [2.05, 4.69) is 25.3 Å². The molecule has 0 aliphatic carbocycles. The zero-order valence-corrected chi connectivity index (χ0v) is 15.4. The van der Waals surface area contributed by atoms with Gasteiger partial charge in [-0.2, -0.15) is 0 Å². The molecule has 3 heterocycles. The van der Waals surface area contributed by atoms with E-state index in [1.54, 1.807) is 6.20 Å². The number of imidazole rings is 1. The molecule has 0 saturated carbocycles. The molecular weight excluding hydrogens is 372 g/mol. The molecular formula is C20H18N6O3. The number of fused-ring (bicyclic) bond motifs is 1. The number of hydrogen-bond acceptors (Lipinski definition) is 5. The summed E-state index contributed by atoms with van der Waals surface area (Å²) in [6.45, 7) is 1.09. The van der Waals surface area contributed by atoms with Crippen LogP contribution in [0.1, 0.15) is 21.7 Å². The van der Waals surface area contributed by atoms with Crippen LogP contribution >= 0.6 is 0 Å². The van der Waals surface area contributed by atoms with E-state index >= 15 is 0 Å². The average molecular weight is 390 g/mol. The first-order chi connectivity index (χ1) is 14.1. The molecule has 0 fully saturated rings. The van der Waals surface area contributed by atoms with E-state index in [0.29, 0.717) is 19.5 Å². The highest BCUT2D eigenvalue weighted by molar-refractivity contribution is 5.96. The number of carbonyl (C=O) groups is 1. The van der Waals surface area contributed by atoms with Crippen LogP contribution in [-0.2, 0) is 13.0 Å². The average Bonchev–Trinajstić information content (AvgIpc) is 3.15. The minimum Gasteiger partial charge on any atom is -0.352 e. The lowest BCUT2D eigenvalue weighted by Gasteiger charge is -2.09. The molecule has 0 aliphatic rings. The van der Waals surface area contributed by atoms with Gasteiger partial charge in [0.1, 0.15) is 11.5 Å². The van der Waals surface area contributed by atoms with E-state index in [1.807, 2.05) is 41.1 Å². The van der Waals surface area contributed by atoms with E-state index in [-0.39, 0.29) is 22.5 Å². The van der Waals surface area contributed by atoms with Gasteiger partial charge in [-0.1, -0.05) is 30.3 Å². The molecule has 9 heteroatoms. The van der Waals surface area contributed by atoms with Crippen molar-refractivity contribution >= 4 is 16.9 Å². The molecule has 1 amide bonds. The summed E-state index contributed by atoms with van der Waals surface area (Å²) in [5.74, 6) is 0.506. The molecule has 4 aromatic rings. The Balaban J connectivity index is 1.41. The smallest absolute Gasteiger partial charge is 0.327 e. The van der Waals surface area contributed by atoms with Crippen LogP contribution in [0.3, 0.4) is 0 Å². The first kappa shape index (κ1) is 18.4. The highest BCUT2D eigenvalue weighted by atomic mass is 16.2. The maximum Gasteiger partial charge on any atom is 0.327 e. The van der Waals surface area contributed by atoms with Crippen LogP contribution in [0.4, 0.5) is 0 Å². The standard InChI is InChI=1S/C20H18N6O3/c27-18(14-10-15-17(23-11-14)24-20(29)25-19(15)28)22-7-6-16-21-8-9-26(16)12-13-4-2-1-3-5-13/h1-5,8-11H,6-7,12H2,(H,22,27)(H2,23,24,25,28,29). The predicted octanol–water partition coefficient (Wildman–Crippen LogP) is 0.829. The van der Waals surface area contributed by atoms with Crippen LogP contribution in [-0.4, -0.2) is 37.0 Å². The Morgan fingerprint density at radius 2 is 1.93 bits per heavy atom. The third kappa shape index (κ3) is 4.13. The first-order valence-corrected chi connectivity index (χ1v) is 9.04. The second-order valence-electron chi connectivity index (χ2n) is 6.49. The van der Waals surface area contributed by atoms with Crippen LogP contribution in [0, 0.1) is 0 Å². The normalized spacial score (nSPS) is 10.9. The van der Waals surface area contributed by atoms with Crippen LogP contribution in [0.5, 0.6) is 0 Å². The molecule has 0 atom stereocenters. The zero-order chi connectivity index (χ0) is 20.2. The first-order valence-electron chi connectivity index (χ1n) is 9.04. The Labute approximate surface area is 164 Å². The minimum absolute atomic E-state index is 0.137. The Kier molecular flexibility index (Phi) is 5.02. The fraction of sp³-hybridized carbons (Fsp3) is 0.150. The topological polar surface area (TPSA) is 126 Å². The van der Waals surface area contributed by atoms with Crippen molar-refractivity contribution in [2.75, 3.05) is 6.54 Å². The number of benzene rings is 1. The van der Waals surface area contributed by atoms with Crippen LogP contribution < -0.4 is 16.6 Å². The molecule has 0 unspecified atom stereocenters. The molecule has 0 saturated heterocycles. The predicted molar refractivity (Wildman–Crippen MR) is 107 cm³/mol. The summed E-state index contributed by atoms with van der Waals surface area (Å²) in [6.07, 6.45) is 5.52. The van der Waals surface area contributed by atoms with Crippen molar-refractivity contribution in [2.45, 2.75) is 13.0 Å². The van der Waals surface area contributed by atoms with Gasteiger partial charge < -0.3 is 9.88 Å². The molecule has 9 nitrogen and oxygen atoms in total. The molecule has 0 bridgehead atoms. The minimum atomic E-state index is -0.641. The number of amides is 1. The van der Waals surface area contributed by atoms with Gasteiger partial charge in [0, 0.05) is 38.1 Å². The highest BCUT2D eigenvalue weighted by Gasteiger charge is 2.11. The number of nitrogens with zero attached hydrogens (tertiary/aromatic N) is 3. The fourth-order valence-electron chi connectivity index (χ4n) is 3.05. The molecule has 29 heavy (non-hydrogen) atoms. The summed E-state index contributed by atoms with van der Waals surface area (Å²) < 4.78 is 2.04. The lowest BCUT2D eigenvalue weighted by atomic mass is 10.2. The van der Waals surface area contributed by atoms with Gasteiger partial charge >= 0.3 is 5.69 Å². The Hall–Kier alpha value is -4.01. The van der Waals surface area contributed by atoms with Gasteiger partial charge in [-0.25, -0.2) is 14.8 Å². The second-order valence-corrected chi connectivity index (χ2v) is 6.49. The fourth-order valence-corrected chi connectivity index (χ4v) is 3.05. The summed E-state index contributed by atoms with van der Waals surface area (Å²) in [4.78, 5) is 48.5. The number of H-pyrrole nitrogens is 2. The SMILES string of the molecule is O=C(NCCc1nccn1Cc1ccccc1)c1cnc2[nH]c(=O)[nH]c(=O)c2c1. The Bertz CT molecular complexity index is 1270. The third-order valence-electron chi connectivity index (χ3n) is 4.49. The molecule has 3 aromatic heterocycles. The molecule has 3 N–H and O–H groups in total. The van der Waals surface area contributed by atoms with Crippen molar-refractivity contribution in [2.24, 2.45) is 0 Å². The van der Waals surface area contributed by atoms with Crippen LogP contribution in [0.25, 0.3) is 11.0 Å². The number of nitrogens with one attached hydrogen (secondary N) is 3. The highest BCUT2D eigenvalue weighted by Crippen LogP contribution is 2.07. The Morgan fingerprint density at radius 1 is 1.10 bits per heavy atom. The molecule has 0 radical (unpaired) electrons. The van der Waals surface area contributed by atoms with E-state index in [1.165, 1.54) is 17.8 Å². The summed E-state index contributed by atoms with van der Waals surface area (Å²) in [5.41, 5.74) is 0.314. The van der Waals surface area contributed by atoms with Crippen molar-refractivity contribution in [1.82, 2.24) is 29.8 Å². The van der Waals surface area contributed by atoms with Gasteiger partial charge in [-0.05, 0) is 11.6 Å². The molecule has 0 aliphatic heterocycles. The lowest BCUT2D eigenvalue weighted by molar-refractivity contribution is 0.0953. The zero-order valence-electron chi connectivity index (χ0n) is 15.4. The van der Waals surface area contributed by atoms with Gasteiger partial charge in [0.25, 0.3) is 11.5 Å². The van der Waals surface area contributed by atoms with Crippen LogP contribution in [0.2, 0.25) is 0 Å². The maximum absolute atomic E-state index is 12.4. The molecule has 1 aromatic carbocycles. The van der Waals surface area contributed by atoms with Gasteiger partial charge in [0.05, 0.1) is 10.9 Å². The van der Waals surface area contributed by atoms with Gasteiger partial charge in [-0.3, -0.25) is 19.6 Å². The van der Waals surface area contributed by atoms with E-state index < -0.39 is 11.2 Å². The third-order valence-corrected chi connectivity index (χ3v) is 4.49. The molecule has 0 spiro atoms. The summed E-state index contributed by atoms with van der Waals surface area (Å²) >= 11 is 0. The van der Waals surface area contributed by atoms with E-state index in [4.69, 9.17) is 0 Å². The van der Waals surface area contributed by atoms with Gasteiger partial charge in [-0.15, -0.1) is 0 Å². The van der Waals surface area contributed by atoms with Crippen molar-refractivity contribution < 1.29 is 4.79 Å². The monoisotopic (exact) mass is 390 g/mol. The van der Waals surface area contributed by atoms with Crippen LogP contribution in [0.15, 0.2) is 64.6 Å². The lowest BCUT2D eigenvalue weighted by Crippen LogP contribution is -2.27. The van der Waals surface area contributed by atoms with Crippen molar-refractivity contribution in [3.8, 4) is 0 Å². The van der Waals surface area contributed by atoms with Crippen molar-refractivity contribution in [3.05, 3.63) is 92.8 Å². The number of rotatable bonds is 6. The van der Waals surface area contributed by atoms with Crippen molar-refractivity contribution in [3.63, 3.8) is 0 Å². The number of hydrogen-bond donors (Lipinski definition) is 3. The molecule has 4 rings (SSSR count). The maximum atomic E-state index is 12.4. The second kappa shape index (κ2) is 7.93. The van der Waals surface area contributed by atoms with Gasteiger partial charge in [0.15, 0.2) is 0 Å². The number of aromatic amines is 2.